The largest absolute Gasteiger partial charge is 0.487 e. The van der Waals surface area contributed by atoms with Crippen molar-refractivity contribution in [2.75, 3.05) is 6.61 Å². The summed E-state index contributed by atoms with van der Waals surface area (Å²) in [6, 6.07) is 8.29. The van der Waals surface area contributed by atoms with Crippen molar-refractivity contribution in [3.63, 3.8) is 0 Å². The third-order valence-corrected chi connectivity index (χ3v) is 4.85. The molecule has 0 radical (unpaired) electrons. The molecule has 3 nitrogen and oxygen atoms in total. The molecule has 0 N–H and O–H groups in total. The zero-order chi connectivity index (χ0) is 20.2. The molecule has 0 aliphatic rings. The van der Waals surface area contributed by atoms with Gasteiger partial charge in [-0.25, -0.2) is 18.7 Å². The molecule has 1 aromatic carbocycles. The summed E-state index contributed by atoms with van der Waals surface area (Å²) in [6.45, 7) is 3.51. The van der Waals surface area contributed by atoms with Crippen molar-refractivity contribution >= 4 is 0 Å². The minimum atomic E-state index is -1.64. The van der Waals surface area contributed by atoms with Crippen LogP contribution in [0.4, 0.5) is 8.78 Å². The van der Waals surface area contributed by atoms with E-state index in [4.69, 9.17) is 4.74 Å². The number of nitrogens with zero attached hydrogens (tertiary/aromatic N) is 2. The van der Waals surface area contributed by atoms with E-state index < -0.39 is 12.3 Å². The highest BCUT2D eigenvalue weighted by Gasteiger charge is 2.19. The van der Waals surface area contributed by atoms with Crippen LogP contribution in [0.3, 0.4) is 0 Å². The van der Waals surface area contributed by atoms with Gasteiger partial charge in [0.05, 0.1) is 12.4 Å². The van der Waals surface area contributed by atoms with Gasteiger partial charge in [0, 0.05) is 5.56 Å². The number of rotatable bonds is 13. The summed E-state index contributed by atoms with van der Waals surface area (Å²) >= 11 is 0. The Labute approximate surface area is 167 Å². The van der Waals surface area contributed by atoms with Crippen LogP contribution in [0.25, 0.3) is 11.4 Å². The Morgan fingerprint density at radius 3 is 2.14 bits per heavy atom. The lowest BCUT2D eigenvalue weighted by Crippen LogP contribution is -2.23. The molecular formula is C23H32F2N2O. The maximum atomic E-state index is 13.5. The Hall–Kier alpha value is -2.04. The fourth-order valence-electron chi connectivity index (χ4n) is 3.01. The Balaban J connectivity index is 1.80. The molecule has 0 amide bonds. The first kappa shape index (κ1) is 22.3. The van der Waals surface area contributed by atoms with E-state index >= 15 is 0 Å². The Morgan fingerprint density at radius 1 is 0.857 bits per heavy atom. The van der Waals surface area contributed by atoms with Gasteiger partial charge in [-0.2, -0.15) is 0 Å². The molecule has 0 spiro atoms. The van der Waals surface area contributed by atoms with Gasteiger partial charge in [-0.1, -0.05) is 70.2 Å². The Kier molecular flexibility index (Phi) is 9.87. The number of ether oxygens (including phenoxy) is 1. The van der Waals surface area contributed by atoms with Gasteiger partial charge in [-0.05, 0) is 24.8 Å². The van der Waals surface area contributed by atoms with Gasteiger partial charge in [0.25, 0.3) is 0 Å². The van der Waals surface area contributed by atoms with Gasteiger partial charge < -0.3 is 4.74 Å². The van der Waals surface area contributed by atoms with Crippen molar-refractivity contribution < 1.29 is 13.5 Å². The van der Waals surface area contributed by atoms with E-state index in [1.165, 1.54) is 56.5 Å². The van der Waals surface area contributed by atoms with Gasteiger partial charge >= 0.3 is 0 Å². The quantitative estimate of drug-likeness (QED) is 0.366. The maximum absolute atomic E-state index is 13.5. The molecule has 0 saturated heterocycles. The van der Waals surface area contributed by atoms with Crippen molar-refractivity contribution in [1.82, 2.24) is 9.97 Å². The van der Waals surface area contributed by atoms with E-state index in [2.05, 4.69) is 29.0 Å². The highest BCUT2D eigenvalue weighted by molar-refractivity contribution is 5.55. The minimum Gasteiger partial charge on any atom is -0.487 e. The average Bonchev–Trinajstić information content (AvgIpc) is 2.74. The van der Waals surface area contributed by atoms with Crippen molar-refractivity contribution in [3.05, 3.63) is 42.2 Å². The maximum Gasteiger partial charge on any atom is 0.165 e. The number of aryl methyl sites for hydroxylation is 1. The number of alkyl halides is 2. The topological polar surface area (TPSA) is 35.0 Å². The minimum absolute atomic E-state index is 0.134. The van der Waals surface area contributed by atoms with E-state index in [9.17, 15) is 8.78 Å². The molecule has 2 atom stereocenters. The van der Waals surface area contributed by atoms with Crippen LogP contribution in [0.1, 0.15) is 64.4 Å². The molecule has 0 bridgehead atoms. The number of hydrogen-bond acceptors (Lipinski definition) is 3. The molecule has 2 unspecified atom stereocenters. The van der Waals surface area contributed by atoms with Crippen molar-refractivity contribution in [3.8, 4) is 17.1 Å². The molecule has 0 fully saturated rings. The monoisotopic (exact) mass is 390 g/mol. The second-order valence-corrected chi connectivity index (χ2v) is 7.21. The predicted molar refractivity (Wildman–Crippen MR) is 110 cm³/mol. The van der Waals surface area contributed by atoms with Crippen LogP contribution < -0.4 is 4.74 Å². The lowest BCUT2D eigenvalue weighted by Gasteiger charge is -2.12. The van der Waals surface area contributed by atoms with Crippen molar-refractivity contribution in [2.24, 2.45) is 0 Å². The summed E-state index contributed by atoms with van der Waals surface area (Å²) in [5.74, 6) is 0.932. The summed E-state index contributed by atoms with van der Waals surface area (Å²) < 4.78 is 31.9. The SMILES string of the molecule is CCCCCCCCc1ccc(-c2ncc(OCC(F)C(F)CC)cn2)cc1. The number of benzene rings is 1. The third kappa shape index (κ3) is 7.53. The van der Waals surface area contributed by atoms with Crippen LogP contribution in [0.2, 0.25) is 0 Å². The zero-order valence-electron chi connectivity index (χ0n) is 17.0. The first-order valence-electron chi connectivity index (χ1n) is 10.5. The highest BCUT2D eigenvalue weighted by atomic mass is 19.2. The summed E-state index contributed by atoms with van der Waals surface area (Å²) in [5.41, 5.74) is 2.25. The highest BCUT2D eigenvalue weighted by Crippen LogP contribution is 2.19. The molecule has 1 aromatic heterocycles. The van der Waals surface area contributed by atoms with Crippen LogP contribution in [-0.4, -0.2) is 28.9 Å². The molecule has 28 heavy (non-hydrogen) atoms. The molecule has 0 aliphatic heterocycles. The normalized spacial score (nSPS) is 13.3. The van der Waals surface area contributed by atoms with Gasteiger partial charge in [-0.3, -0.25) is 0 Å². The number of aromatic nitrogens is 2. The summed E-state index contributed by atoms with van der Waals surface area (Å²) in [4.78, 5) is 8.55. The molecule has 154 valence electrons. The first-order valence-corrected chi connectivity index (χ1v) is 10.5. The lowest BCUT2D eigenvalue weighted by molar-refractivity contribution is 0.106. The van der Waals surface area contributed by atoms with E-state index in [0.717, 1.165) is 12.0 Å². The van der Waals surface area contributed by atoms with E-state index in [1.807, 2.05) is 12.1 Å². The van der Waals surface area contributed by atoms with Crippen LogP contribution in [0.15, 0.2) is 36.7 Å². The summed E-state index contributed by atoms with van der Waals surface area (Å²) in [7, 11) is 0. The molecule has 1 heterocycles. The molecule has 5 heteroatoms. The average molecular weight is 391 g/mol. The number of hydrogen-bond donors (Lipinski definition) is 0. The zero-order valence-corrected chi connectivity index (χ0v) is 17.0. The van der Waals surface area contributed by atoms with Crippen LogP contribution >= 0.6 is 0 Å². The summed E-state index contributed by atoms with van der Waals surface area (Å²) in [6.07, 6.45) is 8.87. The second kappa shape index (κ2) is 12.4. The number of halogens is 2. The molecule has 2 aromatic rings. The van der Waals surface area contributed by atoms with Gasteiger partial charge in [0.2, 0.25) is 0 Å². The van der Waals surface area contributed by atoms with E-state index in [1.54, 1.807) is 6.92 Å². The molecule has 2 rings (SSSR count). The van der Waals surface area contributed by atoms with Crippen LogP contribution in [-0.2, 0) is 6.42 Å². The van der Waals surface area contributed by atoms with Gasteiger partial charge in [0.1, 0.15) is 12.8 Å². The third-order valence-electron chi connectivity index (χ3n) is 4.85. The smallest absolute Gasteiger partial charge is 0.165 e. The van der Waals surface area contributed by atoms with Crippen LogP contribution in [0, 0.1) is 0 Å². The standard InChI is InChI=1S/C23H32F2N2O/c1-3-5-6-7-8-9-10-18-11-13-19(14-12-18)23-26-15-20(16-27-23)28-17-22(25)21(24)4-2/h11-16,21-22H,3-10,17H2,1-2H3. The van der Waals surface area contributed by atoms with E-state index in [-0.39, 0.29) is 13.0 Å². The fraction of sp³-hybridized carbons (Fsp3) is 0.565. The second-order valence-electron chi connectivity index (χ2n) is 7.21. The molecular weight excluding hydrogens is 358 g/mol. The van der Waals surface area contributed by atoms with Crippen molar-refractivity contribution in [2.45, 2.75) is 77.6 Å². The Morgan fingerprint density at radius 2 is 1.50 bits per heavy atom. The lowest BCUT2D eigenvalue weighted by atomic mass is 10.0. The van der Waals surface area contributed by atoms with Crippen LogP contribution in [0.5, 0.6) is 5.75 Å². The van der Waals surface area contributed by atoms with E-state index in [0.29, 0.717) is 11.6 Å². The first-order chi connectivity index (χ1) is 13.6. The number of unbranched alkanes of at least 4 members (excludes halogenated alkanes) is 5. The summed E-state index contributed by atoms with van der Waals surface area (Å²) in [5, 5.41) is 0. The fourth-order valence-corrected chi connectivity index (χ4v) is 3.01. The van der Waals surface area contributed by atoms with Gasteiger partial charge in [0.15, 0.2) is 17.7 Å². The predicted octanol–water partition coefficient (Wildman–Crippen LogP) is 6.51. The molecule has 0 aliphatic carbocycles. The Bertz CT molecular complexity index is 661. The van der Waals surface area contributed by atoms with Crippen molar-refractivity contribution in [1.29, 1.82) is 0 Å². The molecule has 0 saturated carbocycles. The van der Waals surface area contributed by atoms with Gasteiger partial charge in [-0.15, -0.1) is 0 Å².